The molecule has 0 bridgehead atoms. The first-order chi connectivity index (χ1) is 34.8. The second-order valence-corrected chi connectivity index (χ2v) is 21.4. The third-order valence-electron chi connectivity index (χ3n) is 15.3. The zero-order valence-corrected chi connectivity index (χ0v) is 42.5. The van der Waals surface area contributed by atoms with E-state index in [-0.39, 0.29) is 56.5 Å². The van der Waals surface area contributed by atoms with Gasteiger partial charge in [-0.2, -0.15) is 0 Å². The van der Waals surface area contributed by atoms with Crippen LogP contribution in [-0.2, 0) is 67.2 Å². The smallest absolute Gasteiger partial charge is 0.243 e. The van der Waals surface area contributed by atoms with Gasteiger partial charge in [0.1, 0.15) is 25.6 Å². The molecule has 3 saturated carbocycles. The second-order valence-electron chi connectivity index (χ2n) is 19.6. The summed E-state index contributed by atoms with van der Waals surface area (Å²) in [6.45, 7) is 1.23. The molecule has 1 aromatic heterocycles. The van der Waals surface area contributed by atoms with E-state index in [1.807, 2.05) is 36.4 Å². The number of allylic oxidation sites excluding steroid dienone is 4. The molecule has 11 atom stereocenters. The Morgan fingerprint density at radius 1 is 0.863 bits per heavy atom. The average Bonchev–Trinajstić information content (AvgIpc) is 4.07. The molecule has 8 rings (SSSR count). The van der Waals surface area contributed by atoms with Gasteiger partial charge in [0, 0.05) is 34.5 Å². The molecule has 1 saturated heterocycles. The summed E-state index contributed by atoms with van der Waals surface area (Å²) in [5.74, 6) is -5.60. The number of rotatable bonds is 20. The van der Waals surface area contributed by atoms with Crippen LogP contribution in [-0.4, -0.2) is 125 Å². The number of Topliss-reactive ketones (excluding diaryl/α,β-unsaturated/α-hetero) is 1. The third kappa shape index (κ3) is 10.6. The van der Waals surface area contributed by atoms with Gasteiger partial charge in [-0.25, -0.2) is 8.78 Å². The predicted molar refractivity (Wildman–Crippen MR) is 264 cm³/mol. The van der Waals surface area contributed by atoms with Crippen molar-refractivity contribution in [2.24, 2.45) is 22.7 Å². The third-order valence-corrected chi connectivity index (χ3v) is 16.9. The molecule has 3 aromatic rings. The normalized spacial score (nSPS) is 30.1. The largest absolute Gasteiger partial charge is 0.390 e. The van der Waals surface area contributed by atoms with Crippen molar-refractivity contribution in [3.63, 3.8) is 0 Å². The van der Waals surface area contributed by atoms with Crippen LogP contribution in [0.5, 0.6) is 0 Å². The van der Waals surface area contributed by atoms with Gasteiger partial charge in [0.05, 0.1) is 48.7 Å². The molecule has 2 aromatic carbocycles. The van der Waals surface area contributed by atoms with E-state index in [2.05, 4.69) is 42.5 Å². The highest BCUT2D eigenvalue weighted by atomic mass is 79.9. The molecular weight excluding hydrogens is 1040 g/mol. The Morgan fingerprint density at radius 2 is 1.55 bits per heavy atom. The maximum absolute atomic E-state index is 17.8. The van der Waals surface area contributed by atoms with Crippen molar-refractivity contribution < 1.29 is 66.8 Å². The number of halogens is 3. The highest BCUT2D eigenvalue weighted by molar-refractivity contribution is 9.09. The van der Waals surface area contributed by atoms with Crippen molar-refractivity contribution >= 4 is 68.4 Å². The van der Waals surface area contributed by atoms with Crippen LogP contribution in [0.15, 0.2) is 90.5 Å². The topological polar surface area (TPSA) is 248 Å². The number of benzene rings is 2. The molecule has 7 N–H and O–H groups in total. The van der Waals surface area contributed by atoms with Gasteiger partial charge in [0.25, 0.3) is 0 Å². The van der Waals surface area contributed by atoms with Crippen LogP contribution in [0.2, 0.25) is 0 Å². The number of thiophene rings is 1. The summed E-state index contributed by atoms with van der Waals surface area (Å²) in [6, 6.07) is 19.3. The number of carbonyl (C=O) groups excluding carboxylic acids is 7. The lowest BCUT2D eigenvalue weighted by Crippen LogP contribution is -2.70. The fourth-order valence-electron chi connectivity index (χ4n) is 11.7. The van der Waals surface area contributed by atoms with E-state index >= 15 is 8.78 Å². The number of fused-ring (bicyclic) bond motifs is 7. The highest BCUT2D eigenvalue weighted by Crippen LogP contribution is 2.72. The standard InChI is InChI=1S/C52H58BrF2N5O12S/c1-49-15-14-32(62)18-36(49)37(54)19-35-34-20-42-52(41(64)26-61,50(34,2)21-40(63)51(35,49)55)72-48(71-42)39-13-12-33(73-39)16-30-8-10-31(11-9-30)27-70-28-59-45(67)24-58-47(69)38(17-29-6-4-3-5-7-29)60-46(68)25-57-44(66)23-56-43(65)22-53/h3-15,18,34-35,37-38,40,42,48,61,63H,16-17,19-28H2,1-2H3,(H,56,65)(H,57,66)(H,58,69)(H,59,67)(H,60,68)/t34-,35-,37-,38-,40-,42+,48+,49-,50-,51-,52+/m0/s1. The van der Waals surface area contributed by atoms with Crippen LogP contribution >= 0.6 is 27.3 Å². The molecular formula is C52H58BrF2N5O12S. The molecule has 4 aliphatic carbocycles. The number of hydrogen-bond acceptors (Lipinski definition) is 13. The molecule has 73 heavy (non-hydrogen) atoms. The van der Waals surface area contributed by atoms with Crippen LogP contribution in [0.3, 0.4) is 0 Å². The fourth-order valence-corrected chi connectivity index (χ4v) is 12.9. The Morgan fingerprint density at radius 3 is 2.27 bits per heavy atom. The number of ether oxygens (including phenoxy) is 3. The molecule has 21 heteroatoms. The van der Waals surface area contributed by atoms with E-state index in [0.717, 1.165) is 27.6 Å². The fraction of sp³-hybridized carbons (Fsp3) is 0.481. The zero-order valence-electron chi connectivity index (χ0n) is 40.1. The number of amides is 5. The summed E-state index contributed by atoms with van der Waals surface area (Å²) in [7, 11) is 0. The molecule has 0 unspecified atom stereocenters. The minimum absolute atomic E-state index is 0.00421. The van der Waals surface area contributed by atoms with E-state index in [1.54, 1.807) is 37.3 Å². The maximum Gasteiger partial charge on any atom is 0.243 e. The molecule has 5 amide bonds. The summed E-state index contributed by atoms with van der Waals surface area (Å²) in [5, 5.41) is 34.6. The summed E-state index contributed by atoms with van der Waals surface area (Å²) in [5.41, 5.74) is -4.36. The maximum atomic E-state index is 17.8. The molecule has 390 valence electrons. The molecule has 0 radical (unpaired) electrons. The number of alkyl halides is 3. The van der Waals surface area contributed by atoms with E-state index in [9.17, 15) is 43.8 Å². The van der Waals surface area contributed by atoms with Gasteiger partial charge in [-0.1, -0.05) is 83.5 Å². The van der Waals surface area contributed by atoms with Crippen molar-refractivity contribution in [3.8, 4) is 0 Å². The van der Waals surface area contributed by atoms with E-state index in [0.29, 0.717) is 11.3 Å². The van der Waals surface area contributed by atoms with Crippen LogP contribution in [0.25, 0.3) is 0 Å². The Bertz CT molecular complexity index is 2680. The summed E-state index contributed by atoms with van der Waals surface area (Å²) < 4.78 is 52.6. The minimum atomic E-state index is -2.35. The van der Waals surface area contributed by atoms with Crippen molar-refractivity contribution in [2.75, 3.05) is 38.3 Å². The van der Waals surface area contributed by atoms with E-state index in [4.69, 9.17) is 14.2 Å². The number of nitrogens with one attached hydrogen (secondary N) is 5. The number of carbonyl (C=O) groups is 7. The second kappa shape index (κ2) is 22.1. The van der Waals surface area contributed by atoms with Gasteiger partial charge in [-0.15, -0.1) is 11.3 Å². The van der Waals surface area contributed by atoms with Gasteiger partial charge in [-0.3, -0.25) is 33.6 Å². The Hall–Kier alpha value is -5.55. The van der Waals surface area contributed by atoms with Crippen molar-refractivity contribution in [1.82, 2.24) is 26.6 Å². The van der Waals surface area contributed by atoms with Gasteiger partial charge in [-0.05, 0) is 78.7 Å². The number of ketones is 2. The van der Waals surface area contributed by atoms with Crippen molar-refractivity contribution in [2.45, 2.75) is 94.5 Å². The molecule has 5 aliphatic rings. The average molecular weight is 1100 g/mol. The number of aliphatic hydroxyl groups is 2. The SMILES string of the molecule is C[C@]12C=CC(=O)C=C1[C@@H](F)C[C@H]1[C@@H]3C[C@H]4O[C@@H](c5ccc(Cc6ccc(COCNC(=O)CNC(=O)[C@H](Cc7ccccc7)NC(=O)CNC(=O)CNC(=O)CBr)cc6)s5)O[C@@]4(C(=O)CO)[C@@]3(C)C[C@H](O)[C@@]12F. The lowest BCUT2D eigenvalue weighted by atomic mass is 9.44. The molecule has 1 aliphatic heterocycles. The van der Waals surface area contributed by atoms with Crippen molar-refractivity contribution in [1.29, 1.82) is 0 Å². The van der Waals surface area contributed by atoms with Crippen LogP contribution in [0.4, 0.5) is 8.78 Å². The van der Waals surface area contributed by atoms with Crippen molar-refractivity contribution in [3.05, 3.63) is 117 Å². The highest BCUT2D eigenvalue weighted by Gasteiger charge is 2.80. The summed E-state index contributed by atoms with van der Waals surface area (Å²) in [6.07, 6.45) is -1.21. The Kier molecular flexibility index (Phi) is 16.3. The van der Waals surface area contributed by atoms with Gasteiger partial charge in [0.15, 0.2) is 29.1 Å². The monoisotopic (exact) mass is 1090 g/mol. The zero-order chi connectivity index (χ0) is 52.3. The lowest BCUT2D eigenvalue weighted by molar-refractivity contribution is -0.234. The lowest BCUT2D eigenvalue weighted by Gasteiger charge is -2.63. The predicted octanol–water partition coefficient (Wildman–Crippen LogP) is 3.04. The summed E-state index contributed by atoms with van der Waals surface area (Å²) in [4.78, 5) is 89.7. The van der Waals surface area contributed by atoms with Crippen LogP contribution < -0.4 is 26.6 Å². The number of hydrogen-bond donors (Lipinski definition) is 7. The summed E-state index contributed by atoms with van der Waals surface area (Å²) >= 11 is 4.40. The Balaban J connectivity index is 0.807. The van der Waals surface area contributed by atoms with Gasteiger partial charge >= 0.3 is 0 Å². The molecule has 2 heterocycles. The Labute approximate surface area is 432 Å². The van der Waals surface area contributed by atoms with Gasteiger partial charge in [0.2, 0.25) is 29.5 Å². The first-order valence-corrected chi connectivity index (χ1v) is 25.9. The first-order valence-electron chi connectivity index (χ1n) is 24.0. The van der Waals surface area contributed by atoms with Crippen LogP contribution in [0.1, 0.15) is 65.8 Å². The molecule has 0 spiro atoms. The van der Waals surface area contributed by atoms with Gasteiger partial charge < -0.3 is 51.0 Å². The first kappa shape index (κ1) is 53.7. The molecule has 17 nitrogen and oxygen atoms in total. The quantitative estimate of drug-likeness (QED) is 0.0491. The van der Waals surface area contributed by atoms with E-state index in [1.165, 1.54) is 30.4 Å². The number of aliphatic hydroxyl groups excluding tert-OH is 2. The van der Waals surface area contributed by atoms with Crippen LogP contribution in [0, 0.1) is 22.7 Å². The minimum Gasteiger partial charge on any atom is -0.390 e. The molecule has 4 fully saturated rings. The van der Waals surface area contributed by atoms with E-state index < -0.39 is 125 Å².